The molecule has 160 valence electrons. The molecule has 2 unspecified atom stereocenters. The summed E-state index contributed by atoms with van der Waals surface area (Å²) in [5.41, 5.74) is 2.77. The lowest BCUT2D eigenvalue weighted by atomic mass is 9.89. The monoisotopic (exact) mass is 416 g/mol. The third kappa shape index (κ3) is 4.01. The summed E-state index contributed by atoms with van der Waals surface area (Å²) in [7, 11) is 0. The first-order valence-electron chi connectivity index (χ1n) is 11.0. The van der Waals surface area contributed by atoms with E-state index in [0.29, 0.717) is 37.5 Å². The third-order valence-corrected chi connectivity index (χ3v) is 6.39. The van der Waals surface area contributed by atoms with Crippen LogP contribution in [0.3, 0.4) is 0 Å². The number of piperidine rings is 1. The summed E-state index contributed by atoms with van der Waals surface area (Å²) in [5.74, 6) is -0.0977. The highest BCUT2D eigenvalue weighted by Crippen LogP contribution is 2.30. The Labute approximate surface area is 182 Å². The van der Waals surface area contributed by atoms with Gasteiger partial charge >= 0.3 is 0 Å². The number of rotatable bonds is 6. The molecule has 5 rings (SSSR count). The fourth-order valence-electron chi connectivity index (χ4n) is 4.97. The molecule has 1 aromatic heterocycles. The maximum atomic E-state index is 13.2. The van der Waals surface area contributed by atoms with Gasteiger partial charge in [-0.25, -0.2) is 0 Å². The quantitative estimate of drug-likeness (QED) is 0.626. The minimum absolute atomic E-state index is 0.0977. The molecule has 2 aliphatic heterocycles. The molecule has 1 amide bonds. The van der Waals surface area contributed by atoms with Gasteiger partial charge in [-0.1, -0.05) is 54.6 Å². The van der Waals surface area contributed by atoms with E-state index in [2.05, 4.69) is 52.2 Å². The van der Waals surface area contributed by atoms with E-state index in [1.165, 1.54) is 5.56 Å². The molecule has 0 saturated carbocycles. The molecule has 31 heavy (non-hydrogen) atoms. The molecule has 1 N–H and O–H groups in total. The second-order valence-electron chi connectivity index (χ2n) is 8.48. The number of amides is 1. The van der Waals surface area contributed by atoms with Crippen LogP contribution >= 0.6 is 0 Å². The number of morpholine rings is 1. The van der Waals surface area contributed by atoms with Crippen molar-refractivity contribution in [3.8, 4) is 0 Å². The molecule has 0 radical (unpaired) electrons. The molecule has 3 aromatic rings. The van der Waals surface area contributed by atoms with Crippen molar-refractivity contribution in [2.45, 2.75) is 44.1 Å². The van der Waals surface area contributed by atoms with Crippen molar-refractivity contribution < 1.29 is 9.53 Å². The van der Waals surface area contributed by atoms with Crippen LogP contribution < -0.4 is 5.32 Å². The lowest BCUT2D eigenvalue weighted by Crippen LogP contribution is -2.60. The van der Waals surface area contributed by atoms with Gasteiger partial charge in [0.1, 0.15) is 0 Å². The zero-order valence-corrected chi connectivity index (χ0v) is 17.6. The first-order valence-corrected chi connectivity index (χ1v) is 11.0. The second-order valence-corrected chi connectivity index (χ2v) is 8.48. The lowest BCUT2D eigenvalue weighted by molar-refractivity contribution is -0.0843. The minimum Gasteiger partial charge on any atom is -0.378 e. The van der Waals surface area contributed by atoms with E-state index in [1.54, 1.807) is 6.08 Å². The molecule has 0 aliphatic carbocycles. The Hall–Kier alpha value is -2.96. The van der Waals surface area contributed by atoms with Crippen molar-refractivity contribution in [3.63, 3.8) is 0 Å². The maximum absolute atomic E-state index is 13.2. The third-order valence-electron chi connectivity index (χ3n) is 6.39. The largest absolute Gasteiger partial charge is 0.378 e. The van der Waals surface area contributed by atoms with E-state index in [-0.39, 0.29) is 11.9 Å². The maximum Gasteiger partial charge on any atom is 0.272 e. The lowest BCUT2D eigenvalue weighted by Gasteiger charge is -2.48. The highest BCUT2D eigenvalue weighted by molar-refractivity contribution is 6.05. The molecule has 6 heteroatoms. The Morgan fingerprint density at radius 1 is 1.10 bits per heavy atom. The topological polar surface area (TPSA) is 59.4 Å². The number of benzene rings is 2. The number of nitrogens with one attached hydrogen (secondary N) is 1. The summed E-state index contributed by atoms with van der Waals surface area (Å²) in [6, 6.07) is 19.2. The number of nitrogens with zero attached hydrogens (tertiary/aromatic N) is 3. The van der Waals surface area contributed by atoms with E-state index in [0.717, 1.165) is 30.3 Å². The van der Waals surface area contributed by atoms with Crippen LogP contribution in [0.15, 0.2) is 67.3 Å². The number of hydrogen-bond donors (Lipinski definition) is 1. The van der Waals surface area contributed by atoms with Gasteiger partial charge < -0.3 is 10.1 Å². The van der Waals surface area contributed by atoms with Crippen LogP contribution in [0.4, 0.5) is 0 Å². The Morgan fingerprint density at radius 2 is 1.81 bits per heavy atom. The molecule has 0 spiro atoms. The van der Waals surface area contributed by atoms with E-state index >= 15 is 0 Å². The smallest absolute Gasteiger partial charge is 0.272 e. The molecule has 6 nitrogen and oxygen atoms in total. The molecule has 3 heterocycles. The highest BCUT2D eigenvalue weighted by atomic mass is 16.5. The number of hydrogen-bond acceptors (Lipinski definition) is 4. The number of carbonyl (C=O) groups excluding carboxylic acids is 1. The molecule has 2 fully saturated rings. The summed E-state index contributed by atoms with van der Waals surface area (Å²) in [5, 5.41) is 8.74. The SMILES string of the molecule is C=CCn1nc(C(=O)NC2CC3COCC(C2)N3Cc2ccccc2)c2ccccc21. The predicted molar refractivity (Wildman–Crippen MR) is 121 cm³/mol. The first-order chi connectivity index (χ1) is 15.2. The van der Waals surface area contributed by atoms with Gasteiger partial charge in [0, 0.05) is 30.1 Å². The molecular formula is C25H28N4O2. The first kappa shape index (κ1) is 20.0. The number of carbonyl (C=O) groups is 1. The normalized spacial score (nSPS) is 23.5. The van der Waals surface area contributed by atoms with E-state index in [9.17, 15) is 4.79 Å². The predicted octanol–water partition coefficient (Wildman–Crippen LogP) is 3.38. The van der Waals surface area contributed by atoms with Crippen LogP contribution in [0.5, 0.6) is 0 Å². The van der Waals surface area contributed by atoms with Crippen molar-refractivity contribution in [1.29, 1.82) is 0 Å². The van der Waals surface area contributed by atoms with Crippen LogP contribution in [-0.2, 0) is 17.8 Å². The van der Waals surface area contributed by atoms with Gasteiger partial charge in [-0.15, -0.1) is 6.58 Å². The summed E-state index contributed by atoms with van der Waals surface area (Å²) in [6.45, 7) is 6.74. The second kappa shape index (κ2) is 8.65. The van der Waals surface area contributed by atoms with E-state index < -0.39 is 0 Å². The number of allylic oxidation sites excluding steroid dienone is 1. The van der Waals surface area contributed by atoms with Crippen molar-refractivity contribution in [3.05, 3.63) is 78.5 Å². The van der Waals surface area contributed by atoms with Gasteiger partial charge in [0.25, 0.3) is 5.91 Å². The average Bonchev–Trinajstić information content (AvgIpc) is 3.14. The Kier molecular flexibility index (Phi) is 5.57. The van der Waals surface area contributed by atoms with Gasteiger partial charge in [-0.2, -0.15) is 5.10 Å². The minimum atomic E-state index is -0.0977. The van der Waals surface area contributed by atoms with Crippen LogP contribution in [0.1, 0.15) is 28.9 Å². The van der Waals surface area contributed by atoms with Gasteiger partial charge in [0.05, 0.1) is 25.3 Å². The number of ether oxygens (including phenoxy) is 1. The fraction of sp³-hybridized carbons (Fsp3) is 0.360. The summed E-state index contributed by atoms with van der Waals surface area (Å²) in [4.78, 5) is 15.7. The van der Waals surface area contributed by atoms with Crippen LogP contribution in [0.25, 0.3) is 10.9 Å². The molecule has 2 aliphatic rings. The van der Waals surface area contributed by atoms with Gasteiger partial charge in [0.15, 0.2) is 5.69 Å². The number of para-hydroxylation sites is 1. The van der Waals surface area contributed by atoms with Gasteiger partial charge in [-0.05, 0) is 24.5 Å². The fourth-order valence-corrected chi connectivity index (χ4v) is 4.97. The van der Waals surface area contributed by atoms with Crippen LogP contribution in [0.2, 0.25) is 0 Å². The molecule has 2 aromatic carbocycles. The Morgan fingerprint density at radius 3 is 2.55 bits per heavy atom. The van der Waals surface area contributed by atoms with Crippen molar-refractivity contribution >= 4 is 16.8 Å². The van der Waals surface area contributed by atoms with E-state index in [4.69, 9.17) is 4.74 Å². The Bertz CT molecular complexity index is 1060. The number of fused-ring (bicyclic) bond motifs is 3. The van der Waals surface area contributed by atoms with Crippen molar-refractivity contribution in [2.75, 3.05) is 13.2 Å². The molecule has 2 saturated heterocycles. The number of aromatic nitrogens is 2. The Balaban J connectivity index is 1.31. The summed E-state index contributed by atoms with van der Waals surface area (Å²) < 4.78 is 7.69. The molecular weight excluding hydrogens is 388 g/mol. The van der Waals surface area contributed by atoms with Crippen LogP contribution in [0, 0.1) is 0 Å². The average molecular weight is 417 g/mol. The molecule has 2 atom stereocenters. The zero-order chi connectivity index (χ0) is 21.2. The van der Waals surface area contributed by atoms with Crippen LogP contribution in [-0.4, -0.2) is 51.9 Å². The van der Waals surface area contributed by atoms with Gasteiger partial charge in [0.2, 0.25) is 0 Å². The highest BCUT2D eigenvalue weighted by Gasteiger charge is 2.39. The summed E-state index contributed by atoms with van der Waals surface area (Å²) in [6.07, 6.45) is 3.57. The molecule has 2 bridgehead atoms. The standard InChI is InChI=1S/C25H28N4O2/c1-2-12-29-23-11-7-6-10-22(23)24(27-29)25(30)26-19-13-20-16-31-17-21(14-19)28(20)15-18-8-4-3-5-9-18/h2-11,19-21H,1,12-17H2,(H,26,30). The zero-order valence-electron chi connectivity index (χ0n) is 17.6. The van der Waals surface area contributed by atoms with Gasteiger partial charge in [-0.3, -0.25) is 14.4 Å². The van der Waals surface area contributed by atoms with Crippen molar-refractivity contribution in [2.24, 2.45) is 0 Å². The van der Waals surface area contributed by atoms with E-state index in [1.807, 2.05) is 28.9 Å². The van der Waals surface area contributed by atoms with Crippen molar-refractivity contribution in [1.82, 2.24) is 20.0 Å². The summed E-state index contributed by atoms with van der Waals surface area (Å²) >= 11 is 0.